The highest BCUT2D eigenvalue weighted by molar-refractivity contribution is 5.97. The fraction of sp³-hybridized carbons (Fsp3) is 0.583. The molecular weight excluding hydrogens is 731 g/mol. The summed E-state index contributed by atoms with van der Waals surface area (Å²) in [6, 6.07) is 5.66. The molecule has 58 heavy (non-hydrogen) atoms. The lowest BCUT2D eigenvalue weighted by Gasteiger charge is -2.55. The molecule has 5 rings (SSSR count). The van der Waals surface area contributed by atoms with Crippen molar-refractivity contribution < 1.29 is 34.8 Å². The zero-order chi connectivity index (χ0) is 41.9. The Bertz CT molecular complexity index is 1830. The molecule has 1 spiro atoms. The topological polar surface area (TPSA) is 174 Å². The van der Waals surface area contributed by atoms with Gasteiger partial charge in [0.2, 0.25) is 5.91 Å². The molecular formula is C48H67N3O7. The third kappa shape index (κ3) is 10.6. The highest BCUT2D eigenvalue weighted by atomic mass is 16.5. The maximum atomic E-state index is 14.2. The van der Waals surface area contributed by atoms with Crippen LogP contribution in [-0.4, -0.2) is 82.8 Å². The van der Waals surface area contributed by atoms with Gasteiger partial charge in [-0.05, 0) is 131 Å². The number of rotatable bonds is 13. The number of hydrogen-bond acceptors (Lipinski definition) is 9. The number of hydrogen-bond donors (Lipinski definition) is 7. The molecule has 2 fully saturated rings. The molecule has 4 aliphatic rings. The van der Waals surface area contributed by atoms with E-state index < -0.39 is 23.3 Å². The molecule has 7 atom stereocenters. The van der Waals surface area contributed by atoms with Crippen molar-refractivity contribution in [1.82, 2.24) is 10.6 Å². The number of ketones is 1. The van der Waals surface area contributed by atoms with Crippen molar-refractivity contribution >= 4 is 11.7 Å². The molecule has 0 bridgehead atoms. The summed E-state index contributed by atoms with van der Waals surface area (Å²) in [5.74, 6) is 5.47. The summed E-state index contributed by atoms with van der Waals surface area (Å²) >= 11 is 0. The molecule has 10 heteroatoms. The van der Waals surface area contributed by atoms with E-state index in [1.807, 2.05) is 50.3 Å². The highest BCUT2D eigenvalue weighted by Crippen LogP contribution is 2.63. The van der Waals surface area contributed by atoms with Crippen LogP contribution >= 0.6 is 0 Å². The first-order valence-corrected chi connectivity index (χ1v) is 21.3. The molecule has 2 aliphatic heterocycles. The molecule has 1 aromatic carbocycles. The third-order valence-corrected chi connectivity index (χ3v) is 13.3. The molecule has 8 N–H and O–H groups in total. The van der Waals surface area contributed by atoms with E-state index in [0.717, 1.165) is 65.6 Å². The molecule has 2 aliphatic carbocycles. The Morgan fingerprint density at radius 3 is 2.71 bits per heavy atom. The minimum Gasteiger partial charge on any atom is -0.396 e. The number of amides is 1. The summed E-state index contributed by atoms with van der Waals surface area (Å²) in [5, 5.41) is 50.7. The van der Waals surface area contributed by atoms with Gasteiger partial charge in [-0.2, -0.15) is 0 Å². The highest BCUT2D eigenvalue weighted by Gasteiger charge is 2.64. The minimum absolute atomic E-state index is 0.0250. The number of unbranched alkanes of at least 4 members (excludes halogenated alkanes) is 2. The lowest BCUT2D eigenvalue weighted by molar-refractivity contribution is -0.167. The van der Waals surface area contributed by atoms with Crippen molar-refractivity contribution in [3.05, 3.63) is 93.6 Å². The zero-order valence-corrected chi connectivity index (χ0v) is 35.0. The number of benzene rings is 1. The van der Waals surface area contributed by atoms with E-state index in [-0.39, 0.29) is 68.8 Å². The van der Waals surface area contributed by atoms with E-state index in [0.29, 0.717) is 50.5 Å². The van der Waals surface area contributed by atoms with Gasteiger partial charge in [0, 0.05) is 43.4 Å². The van der Waals surface area contributed by atoms with Gasteiger partial charge in [0.1, 0.15) is 12.8 Å². The molecule has 316 valence electrons. The van der Waals surface area contributed by atoms with Gasteiger partial charge in [0.05, 0.1) is 24.7 Å². The van der Waals surface area contributed by atoms with Crippen LogP contribution in [0.1, 0.15) is 114 Å². The van der Waals surface area contributed by atoms with Gasteiger partial charge >= 0.3 is 0 Å². The van der Waals surface area contributed by atoms with Crippen molar-refractivity contribution in [2.75, 3.05) is 33.0 Å². The molecule has 7 unspecified atom stereocenters. The number of ether oxygens (including phenoxy) is 1. The van der Waals surface area contributed by atoms with Gasteiger partial charge in [0.15, 0.2) is 5.78 Å². The van der Waals surface area contributed by atoms with Gasteiger partial charge in [-0.25, -0.2) is 0 Å². The molecule has 0 saturated heterocycles. The maximum absolute atomic E-state index is 14.2. The summed E-state index contributed by atoms with van der Waals surface area (Å²) in [6.07, 6.45) is 14.0. The number of Topliss-reactive ketones (excluding diaryl/α,β-unsaturated/α-hetero) is 1. The standard InChI is InChI=1S/C48H67N3O7/c1-32-13-6-9-28-58-31-36(16-10-14-33(2)42(20-19-32)50-25-7-5-8-26-52)38-22-24-48(45(38)56)41(18-12-27-53)37(21-23-47(48,4)57)34(3)43(54)29-35-15-11-17-39-40(35)30-44(55)51-46(39)49/h10-11,14-17,19,38,41-42,45-46,50,52-53,56-57H,2,5,7-8,12-13,18,20-31,49H2,1,3-4H3,(H,51,55). The van der Waals surface area contributed by atoms with E-state index in [4.69, 9.17) is 10.5 Å². The molecule has 2 heterocycles. The summed E-state index contributed by atoms with van der Waals surface area (Å²) < 4.78 is 6.13. The van der Waals surface area contributed by atoms with Crippen LogP contribution in [0.4, 0.5) is 0 Å². The number of fused-ring (bicyclic) bond motifs is 1. The fourth-order valence-corrected chi connectivity index (χ4v) is 9.95. The van der Waals surface area contributed by atoms with Gasteiger partial charge < -0.3 is 41.5 Å². The molecule has 1 amide bonds. The smallest absolute Gasteiger partial charge is 0.225 e. The van der Waals surface area contributed by atoms with Gasteiger partial charge in [-0.15, -0.1) is 0 Å². The van der Waals surface area contributed by atoms with E-state index in [1.165, 1.54) is 5.57 Å². The van der Waals surface area contributed by atoms with Crippen LogP contribution in [-0.2, 0) is 27.2 Å². The SMILES string of the molecule is C=C1C=CC=C(C2CCC3(C(CCCO)C(=C(C)C(=O)Cc4cccc5c4CC(=O)NC5N)CCC3(C)O)C2O)COCC#CCC(C)=CCC1NCCCCCO. The van der Waals surface area contributed by atoms with Crippen LogP contribution in [0, 0.1) is 29.1 Å². The Hall–Kier alpha value is -3.66. The van der Waals surface area contributed by atoms with Gasteiger partial charge in [-0.1, -0.05) is 72.1 Å². The molecule has 10 nitrogen and oxygen atoms in total. The number of nitrogens with one attached hydrogen (secondary N) is 2. The van der Waals surface area contributed by atoms with Crippen LogP contribution < -0.4 is 16.4 Å². The summed E-state index contributed by atoms with van der Waals surface area (Å²) in [7, 11) is 0. The molecule has 1 aromatic rings. The Morgan fingerprint density at radius 2 is 1.93 bits per heavy atom. The molecule has 0 radical (unpaired) electrons. The van der Waals surface area contributed by atoms with E-state index in [9.17, 15) is 30.0 Å². The van der Waals surface area contributed by atoms with Crippen molar-refractivity contribution in [2.24, 2.45) is 23.0 Å². The Kier molecular flexibility index (Phi) is 16.5. The van der Waals surface area contributed by atoms with E-state index in [1.54, 1.807) is 0 Å². The van der Waals surface area contributed by atoms with Crippen LogP contribution in [0.15, 0.2) is 76.9 Å². The van der Waals surface area contributed by atoms with Crippen molar-refractivity contribution in [3.8, 4) is 11.8 Å². The average molecular weight is 798 g/mol. The number of carbonyl (C=O) groups is 2. The van der Waals surface area contributed by atoms with Crippen molar-refractivity contribution in [3.63, 3.8) is 0 Å². The summed E-state index contributed by atoms with van der Waals surface area (Å²) in [5.41, 5.74) is 11.0. The fourth-order valence-electron chi connectivity index (χ4n) is 9.95. The van der Waals surface area contributed by atoms with Gasteiger partial charge in [0.25, 0.3) is 0 Å². The second-order valence-electron chi connectivity index (χ2n) is 17.1. The predicted octanol–water partition coefficient (Wildman–Crippen LogP) is 5.35. The summed E-state index contributed by atoms with van der Waals surface area (Å²) in [4.78, 5) is 26.6. The molecule has 2 saturated carbocycles. The number of carbonyl (C=O) groups excluding carboxylic acids is 2. The zero-order valence-electron chi connectivity index (χ0n) is 35.0. The lowest BCUT2D eigenvalue weighted by Crippen LogP contribution is -2.59. The van der Waals surface area contributed by atoms with Crippen LogP contribution in [0.25, 0.3) is 0 Å². The number of aliphatic hydroxyl groups is 4. The minimum atomic E-state index is -1.24. The summed E-state index contributed by atoms with van der Waals surface area (Å²) in [6.45, 7) is 11.7. The van der Waals surface area contributed by atoms with Crippen LogP contribution in [0.5, 0.6) is 0 Å². The Labute approximate surface area is 345 Å². The Morgan fingerprint density at radius 1 is 1.14 bits per heavy atom. The maximum Gasteiger partial charge on any atom is 0.225 e. The second-order valence-corrected chi connectivity index (χ2v) is 17.1. The normalized spacial score (nSPS) is 30.3. The Balaban J connectivity index is 1.45. The quantitative estimate of drug-likeness (QED) is 0.0601. The predicted molar refractivity (Wildman–Crippen MR) is 228 cm³/mol. The first-order valence-electron chi connectivity index (χ1n) is 21.3. The van der Waals surface area contributed by atoms with E-state index >= 15 is 0 Å². The van der Waals surface area contributed by atoms with Crippen molar-refractivity contribution in [1.29, 1.82) is 0 Å². The first-order chi connectivity index (χ1) is 27.8. The monoisotopic (exact) mass is 797 g/mol. The second kappa shape index (κ2) is 21.0. The average Bonchev–Trinajstić information content (AvgIpc) is 3.53. The number of allylic oxidation sites excluding steroid dienone is 5. The van der Waals surface area contributed by atoms with Crippen LogP contribution in [0.2, 0.25) is 0 Å². The van der Waals surface area contributed by atoms with E-state index in [2.05, 4.69) is 42.1 Å². The largest absolute Gasteiger partial charge is 0.396 e. The van der Waals surface area contributed by atoms with Crippen molar-refractivity contribution in [2.45, 2.75) is 128 Å². The first kappa shape index (κ1) is 45.4. The number of aliphatic hydroxyl groups excluding tert-OH is 3. The third-order valence-electron chi connectivity index (χ3n) is 13.3. The van der Waals surface area contributed by atoms with Crippen LogP contribution in [0.3, 0.4) is 0 Å². The lowest BCUT2D eigenvalue weighted by atomic mass is 9.52. The number of nitrogens with two attached hydrogens (primary N) is 1. The van der Waals surface area contributed by atoms with Gasteiger partial charge in [-0.3, -0.25) is 9.59 Å². The molecule has 0 aromatic heterocycles.